The maximum atomic E-state index is 13.0. The Morgan fingerprint density at radius 3 is 2.81 bits per heavy atom. The van der Waals surface area contributed by atoms with E-state index in [0.29, 0.717) is 42.1 Å². The van der Waals surface area contributed by atoms with Crippen LogP contribution in [-0.2, 0) is 0 Å². The Morgan fingerprint density at radius 2 is 2.04 bits per heavy atom. The number of carbonyl (C=O) groups excluding carboxylic acids is 1. The van der Waals surface area contributed by atoms with Crippen LogP contribution in [0.15, 0.2) is 36.9 Å². The predicted octanol–water partition coefficient (Wildman–Crippen LogP) is 2.50. The smallest absolute Gasteiger partial charge is 0.270 e. The Labute approximate surface area is 160 Å². The SMILES string of the molecule is O=C(c1cc2cc(Cl)ccc2[nH]1)N1C[C@H]2C[C@@H](n3cncn3)[C@H](O)C[C@H]2C1. The van der Waals surface area contributed by atoms with E-state index < -0.39 is 6.10 Å². The van der Waals surface area contributed by atoms with Gasteiger partial charge in [0.2, 0.25) is 0 Å². The number of benzene rings is 1. The van der Waals surface area contributed by atoms with Gasteiger partial charge < -0.3 is 15.0 Å². The molecule has 2 aliphatic rings. The van der Waals surface area contributed by atoms with Crippen molar-refractivity contribution in [3.8, 4) is 0 Å². The Balaban J connectivity index is 1.34. The summed E-state index contributed by atoms with van der Waals surface area (Å²) >= 11 is 6.04. The Kier molecular flexibility index (Phi) is 3.94. The lowest BCUT2D eigenvalue weighted by atomic mass is 9.77. The number of nitrogens with one attached hydrogen (secondary N) is 1. The topological polar surface area (TPSA) is 87.0 Å². The van der Waals surface area contributed by atoms with Crippen LogP contribution in [0.4, 0.5) is 0 Å². The van der Waals surface area contributed by atoms with Gasteiger partial charge in [-0.2, -0.15) is 5.10 Å². The first-order chi connectivity index (χ1) is 13.1. The zero-order valence-corrected chi connectivity index (χ0v) is 15.4. The molecule has 1 aliphatic heterocycles. The average molecular weight is 386 g/mol. The fourth-order valence-corrected chi connectivity index (χ4v) is 4.82. The molecule has 2 N–H and O–H groups in total. The highest BCUT2D eigenvalue weighted by molar-refractivity contribution is 6.31. The minimum Gasteiger partial charge on any atom is -0.391 e. The van der Waals surface area contributed by atoms with Crippen molar-refractivity contribution in [3.63, 3.8) is 0 Å². The summed E-state index contributed by atoms with van der Waals surface area (Å²) < 4.78 is 1.74. The van der Waals surface area contributed by atoms with E-state index in [0.717, 1.165) is 17.3 Å². The zero-order valence-electron chi connectivity index (χ0n) is 14.6. The number of amides is 1. The van der Waals surface area contributed by atoms with Crippen molar-refractivity contribution >= 4 is 28.4 Å². The van der Waals surface area contributed by atoms with Crippen molar-refractivity contribution in [2.45, 2.75) is 25.0 Å². The predicted molar refractivity (Wildman–Crippen MR) is 100 cm³/mol. The zero-order chi connectivity index (χ0) is 18.5. The molecule has 1 aliphatic carbocycles. The normalized spacial score (nSPS) is 27.9. The number of nitrogens with zero attached hydrogens (tertiary/aromatic N) is 4. The number of fused-ring (bicyclic) bond motifs is 2. The molecule has 140 valence electrons. The number of H-pyrrole nitrogens is 1. The van der Waals surface area contributed by atoms with Crippen LogP contribution in [0, 0.1) is 11.8 Å². The number of hydrogen-bond donors (Lipinski definition) is 2. The van der Waals surface area contributed by atoms with Gasteiger partial charge in [-0.15, -0.1) is 0 Å². The summed E-state index contributed by atoms with van der Waals surface area (Å²) in [7, 11) is 0. The molecule has 1 aromatic carbocycles. The van der Waals surface area contributed by atoms with E-state index >= 15 is 0 Å². The number of aliphatic hydroxyl groups is 1. The van der Waals surface area contributed by atoms with Crippen LogP contribution < -0.4 is 0 Å². The summed E-state index contributed by atoms with van der Waals surface area (Å²) in [5, 5.41) is 16.3. The first kappa shape index (κ1) is 16.8. The summed E-state index contributed by atoms with van der Waals surface area (Å²) in [5.74, 6) is 0.691. The monoisotopic (exact) mass is 385 g/mol. The van der Waals surface area contributed by atoms with Crippen LogP contribution in [0.2, 0.25) is 5.02 Å². The molecule has 0 radical (unpaired) electrons. The number of likely N-dealkylation sites (tertiary alicyclic amines) is 1. The number of aromatic nitrogens is 4. The van der Waals surface area contributed by atoms with E-state index in [9.17, 15) is 9.90 Å². The van der Waals surface area contributed by atoms with E-state index in [4.69, 9.17) is 11.6 Å². The quantitative estimate of drug-likeness (QED) is 0.709. The molecular weight excluding hydrogens is 366 g/mol. The Morgan fingerprint density at radius 1 is 1.22 bits per heavy atom. The molecule has 5 rings (SSSR count). The minimum atomic E-state index is -0.460. The molecule has 1 amide bonds. The van der Waals surface area contributed by atoms with Gasteiger partial charge in [-0.1, -0.05) is 11.6 Å². The maximum Gasteiger partial charge on any atom is 0.270 e. The molecule has 2 fully saturated rings. The number of carbonyl (C=O) groups is 1. The van der Waals surface area contributed by atoms with Gasteiger partial charge in [0, 0.05) is 29.0 Å². The van der Waals surface area contributed by atoms with Gasteiger partial charge in [0.15, 0.2) is 0 Å². The van der Waals surface area contributed by atoms with Crippen molar-refractivity contribution in [1.29, 1.82) is 0 Å². The third-order valence-corrected chi connectivity index (χ3v) is 6.22. The first-order valence-electron chi connectivity index (χ1n) is 9.18. The summed E-state index contributed by atoms with van der Waals surface area (Å²) in [6, 6.07) is 7.34. The summed E-state index contributed by atoms with van der Waals surface area (Å²) in [6.07, 6.45) is 4.17. The lowest BCUT2D eigenvalue weighted by molar-refractivity contribution is 0.0304. The molecule has 4 atom stereocenters. The van der Waals surface area contributed by atoms with Gasteiger partial charge >= 0.3 is 0 Å². The van der Waals surface area contributed by atoms with Crippen LogP contribution in [0.5, 0.6) is 0 Å². The number of halogens is 1. The van der Waals surface area contributed by atoms with Crippen LogP contribution in [0.3, 0.4) is 0 Å². The van der Waals surface area contributed by atoms with Crippen molar-refractivity contribution < 1.29 is 9.90 Å². The molecule has 0 bridgehead atoms. The third-order valence-electron chi connectivity index (χ3n) is 5.99. The number of aromatic amines is 1. The highest BCUT2D eigenvalue weighted by Crippen LogP contribution is 2.41. The van der Waals surface area contributed by atoms with Gasteiger partial charge in [-0.05, 0) is 48.9 Å². The van der Waals surface area contributed by atoms with Gasteiger partial charge in [-0.25, -0.2) is 9.67 Å². The van der Waals surface area contributed by atoms with E-state index in [2.05, 4.69) is 15.1 Å². The molecular formula is C19H20ClN5O2. The van der Waals surface area contributed by atoms with Crippen molar-refractivity contribution in [3.05, 3.63) is 47.6 Å². The average Bonchev–Trinajstić information content (AvgIpc) is 3.38. The van der Waals surface area contributed by atoms with Crippen LogP contribution >= 0.6 is 11.6 Å². The van der Waals surface area contributed by atoms with Crippen molar-refractivity contribution in [1.82, 2.24) is 24.6 Å². The van der Waals surface area contributed by atoms with Crippen LogP contribution in [0.25, 0.3) is 10.9 Å². The molecule has 0 unspecified atom stereocenters. The number of aliphatic hydroxyl groups excluding tert-OH is 1. The molecule has 2 aromatic heterocycles. The standard InChI is InChI=1S/C19H20ClN5O2/c20-14-1-2-15-11(3-14)4-16(23-15)19(27)24-7-12-5-17(25-10-21-9-22-25)18(26)6-13(12)8-24/h1-4,9-10,12-13,17-18,23,26H,5-8H2/t12-,13+,17-,18-/m1/s1. The summed E-state index contributed by atoms with van der Waals surface area (Å²) in [6.45, 7) is 1.39. The highest BCUT2D eigenvalue weighted by Gasteiger charge is 2.44. The van der Waals surface area contributed by atoms with Crippen molar-refractivity contribution in [2.24, 2.45) is 11.8 Å². The summed E-state index contributed by atoms with van der Waals surface area (Å²) in [4.78, 5) is 22.1. The van der Waals surface area contributed by atoms with Gasteiger partial charge in [0.1, 0.15) is 18.3 Å². The molecule has 7 nitrogen and oxygen atoms in total. The molecule has 27 heavy (non-hydrogen) atoms. The third kappa shape index (κ3) is 2.91. The fraction of sp³-hybridized carbons (Fsp3) is 0.421. The first-order valence-corrected chi connectivity index (χ1v) is 9.56. The van der Waals surface area contributed by atoms with E-state index in [1.807, 2.05) is 29.2 Å². The molecule has 3 heterocycles. The second-order valence-electron chi connectivity index (χ2n) is 7.63. The maximum absolute atomic E-state index is 13.0. The molecule has 3 aromatic rings. The highest BCUT2D eigenvalue weighted by atomic mass is 35.5. The van der Waals surface area contributed by atoms with Gasteiger partial charge in [0.05, 0.1) is 12.1 Å². The number of rotatable bonds is 2. The summed E-state index contributed by atoms with van der Waals surface area (Å²) in [5.41, 5.74) is 1.49. The lowest BCUT2D eigenvalue weighted by Gasteiger charge is -2.34. The van der Waals surface area contributed by atoms with E-state index in [1.165, 1.54) is 6.33 Å². The van der Waals surface area contributed by atoms with Gasteiger partial charge in [0.25, 0.3) is 5.91 Å². The molecule has 1 saturated heterocycles. The van der Waals surface area contributed by atoms with Crippen LogP contribution in [-0.4, -0.2) is 54.9 Å². The molecule has 0 spiro atoms. The van der Waals surface area contributed by atoms with Crippen LogP contribution in [0.1, 0.15) is 29.4 Å². The Hall–Kier alpha value is -2.38. The molecule has 8 heteroatoms. The minimum absolute atomic E-state index is 0.00326. The largest absolute Gasteiger partial charge is 0.391 e. The second kappa shape index (κ2) is 6.35. The second-order valence-corrected chi connectivity index (χ2v) is 8.06. The lowest BCUT2D eigenvalue weighted by Crippen LogP contribution is -2.36. The molecule has 1 saturated carbocycles. The van der Waals surface area contributed by atoms with Gasteiger partial charge in [-0.3, -0.25) is 4.79 Å². The van der Waals surface area contributed by atoms with Crippen molar-refractivity contribution in [2.75, 3.05) is 13.1 Å². The van der Waals surface area contributed by atoms with E-state index in [-0.39, 0.29) is 11.9 Å². The number of hydrogen-bond acceptors (Lipinski definition) is 4. The Bertz CT molecular complexity index is 985. The van der Waals surface area contributed by atoms with E-state index in [1.54, 1.807) is 11.0 Å². The fourth-order valence-electron chi connectivity index (χ4n) is 4.64.